The number of thiazole rings is 1. The molecule has 4 fully saturated rings. The number of aryl methyl sites for hydroxylation is 2. The number of nitrogens with one attached hydrogen (secondary N) is 1. The summed E-state index contributed by atoms with van der Waals surface area (Å²) in [7, 11) is 0. The number of likely N-dealkylation sites (tertiary alicyclic amines) is 1. The molecule has 384 valence electrons. The summed E-state index contributed by atoms with van der Waals surface area (Å²) in [5.41, 5.74) is 16.4. The molecule has 8 heterocycles. The lowest BCUT2D eigenvalue weighted by Gasteiger charge is -2.43. The van der Waals surface area contributed by atoms with Gasteiger partial charge in [0, 0.05) is 114 Å². The molecule has 0 aliphatic carbocycles. The van der Waals surface area contributed by atoms with E-state index in [4.69, 9.17) is 19.7 Å². The maximum atomic E-state index is 14.2. The van der Waals surface area contributed by atoms with E-state index in [1.165, 1.54) is 4.90 Å². The maximum absolute atomic E-state index is 14.2. The van der Waals surface area contributed by atoms with Gasteiger partial charge in [0.25, 0.3) is 5.88 Å². The second kappa shape index (κ2) is 22.2. The number of pyridine rings is 1. The number of nitrogen functional groups attached to an aromatic ring is 1. The number of benzene rings is 2. The van der Waals surface area contributed by atoms with Crippen LogP contribution in [0.3, 0.4) is 0 Å². The molecule has 4 N–H and O–H groups in total. The van der Waals surface area contributed by atoms with E-state index < -0.39 is 18.1 Å². The van der Waals surface area contributed by atoms with Gasteiger partial charge in [-0.25, -0.2) is 9.97 Å². The highest BCUT2D eigenvalue weighted by Gasteiger charge is 2.44. The van der Waals surface area contributed by atoms with E-state index in [1.807, 2.05) is 68.9 Å². The third-order valence-corrected chi connectivity index (χ3v) is 15.9. The minimum absolute atomic E-state index is 0.0619. The average molecular weight is 1010 g/mol. The average Bonchev–Trinajstić information content (AvgIpc) is 4.20. The number of piperazine rings is 2. The number of nitrogens with zero attached hydrogens (tertiary/aromatic N) is 10. The van der Waals surface area contributed by atoms with Crippen LogP contribution in [0, 0.1) is 19.8 Å². The van der Waals surface area contributed by atoms with E-state index >= 15 is 0 Å². The lowest BCUT2D eigenvalue weighted by Crippen LogP contribution is -2.54. The Morgan fingerprint density at radius 2 is 1.59 bits per heavy atom. The second-order valence-electron chi connectivity index (χ2n) is 20.1. The molecule has 3 unspecified atom stereocenters. The zero-order chi connectivity index (χ0) is 50.6. The first-order valence-corrected chi connectivity index (χ1v) is 26.4. The first-order valence-electron chi connectivity index (χ1n) is 25.6. The third kappa shape index (κ3) is 11.3. The number of nitrogens with two attached hydrogens (primary N) is 1. The molecular formula is C54H66N12O6S. The quantitative estimate of drug-likeness (QED) is 0.0931. The first kappa shape index (κ1) is 49.9. The van der Waals surface area contributed by atoms with Gasteiger partial charge in [0.1, 0.15) is 25.2 Å². The minimum atomic E-state index is -0.813. The number of rotatable bonds is 18. The van der Waals surface area contributed by atoms with Crippen molar-refractivity contribution in [3.05, 3.63) is 107 Å². The van der Waals surface area contributed by atoms with Gasteiger partial charge in [-0.3, -0.25) is 19.4 Å². The predicted octanol–water partition coefficient (Wildman–Crippen LogP) is 5.80. The van der Waals surface area contributed by atoms with Crippen LogP contribution in [0.1, 0.15) is 61.6 Å². The van der Waals surface area contributed by atoms with Crippen molar-refractivity contribution >= 4 is 40.3 Å². The largest absolute Gasteiger partial charge is 0.476 e. The molecular weight excluding hydrogens is 945 g/mol. The number of fused-ring (bicyclic) bond motifs is 2. The van der Waals surface area contributed by atoms with Gasteiger partial charge in [-0.2, -0.15) is 0 Å². The van der Waals surface area contributed by atoms with Gasteiger partial charge >= 0.3 is 0 Å². The van der Waals surface area contributed by atoms with Crippen LogP contribution < -0.4 is 30.3 Å². The normalized spacial score (nSPS) is 20.7. The Labute approximate surface area is 430 Å². The fraction of sp³-hybridized carbons (Fsp3) is 0.463. The number of aliphatic hydroxyl groups excluding tert-OH is 1. The van der Waals surface area contributed by atoms with Crippen molar-refractivity contribution in [3.63, 3.8) is 0 Å². The SMILES string of the molecule is Cc1ccccc1-c1cc(N2CC3CCC(C2)N3c2ccnc(OCCN3CCN(CCOc4cc(C(C(=O)N5C[C@H](O)C[C@H]5C(=O)NCc5ccc(-c6scnc6C)cc5)C(C)C)on4)CC3)c2)c(N)nn1. The summed E-state index contributed by atoms with van der Waals surface area (Å²) >= 11 is 1.59. The smallest absolute Gasteiger partial charge is 0.254 e. The van der Waals surface area contributed by atoms with Crippen molar-refractivity contribution in [2.24, 2.45) is 5.92 Å². The Morgan fingerprint density at radius 1 is 0.877 bits per heavy atom. The van der Waals surface area contributed by atoms with Crippen LogP contribution in [-0.4, -0.2) is 153 Å². The molecule has 0 spiro atoms. The lowest BCUT2D eigenvalue weighted by molar-refractivity contribution is -0.141. The van der Waals surface area contributed by atoms with Crippen molar-refractivity contribution in [1.29, 1.82) is 0 Å². The molecule has 2 amide bonds. The number of amides is 2. The second-order valence-corrected chi connectivity index (χ2v) is 21.0. The number of hydrogen-bond donors (Lipinski definition) is 3. The zero-order valence-electron chi connectivity index (χ0n) is 42.1. The van der Waals surface area contributed by atoms with Crippen LogP contribution in [0.15, 0.2) is 89.0 Å². The van der Waals surface area contributed by atoms with Gasteiger partial charge in [0.05, 0.1) is 33.6 Å². The molecule has 4 aliphatic rings. The van der Waals surface area contributed by atoms with E-state index in [0.717, 1.165) is 109 Å². The van der Waals surface area contributed by atoms with Gasteiger partial charge in [0.2, 0.25) is 17.7 Å². The van der Waals surface area contributed by atoms with E-state index in [-0.39, 0.29) is 30.7 Å². The highest BCUT2D eigenvalue weighted by molar-refractivity contribution is 7.13. The number of anilines is 3. The number of β-amino-alcohol motifs (C(OH)–C–C–N with tert-alkyl or cyclic N) is 1. The number of ether oxygens (including phenoxy) is 2. The summed E-state index contributed by atoms with van der Waals surface area (Å²) in [5.74, 6) is 0.304. The number of carbonyl (C=O) groups is 2. The summed E-state index contributed by atoms with van der Waals surface area (Å²) < 4.78 is 18.0. The van der Waals surface area contributed by atoms with Crippen molar-refractivity contribution in [2.45, 2.75) is 83.6 Å². The predicted molar refractivity (Wildman–Crippen MR) is 281 cm³/mol. The number of hydrogen-bond acceptors (Lipinski definition) is 17. The Bertz CT molecular complexity index is 2840. The van der Waals surface area contributed by atoms with Crippen molar-refractivity contribution in [1.82, 2.24) is 45.3 Å². The molecule has 10 rings (SSSR count). The monoisotopic (exact) mass is 1010 g/mol. The Morgan fingerprint density at radius 3 is 2.27 bits per heavy atom. The Balaban J connectivity index is 0.650. The molecule has 19 heteroatoms. The highest BCUT2D eigenvalue weighted by atomic mass is 32.1. The first-order chi connectivity index (χ1) is 35.4. The molecule has 73 heavy (non-hydrogen) atoms. The molecule has 2 aromatic carbocycles. The summed E-state index contributed by atoms with van der Waals surface area (Å²) in [6.45, 7) is 16.1. The minimum Gasteiger partial charge on any atom is -0.476 e. The molecule has 0 radical (unpaired) electrons. The van der Waals surface area contributed by atoms with Crippen LogP contribution >= 0.6 is 11.3 Å². The Hall–Kier alpha value is -6.67. The van der Waals surface area contributed by atoms with E-state index in [1.54, 1.807) is 17.4 Å². The number of aromatic nitrogens is 5. The molecule has 18 nitrogen and oxygen atoms in total. The Kier molecular flexibility index (Phi) is 15.2. The maximum Gasteiger partial charge on any atom is 0.254 e. The molecule has 4 aromatic heterocycles. The molecule has 5 atom stereocenters. The molecule has 4 saturated heterocycles. The van der Waals surface area contributed by atoms with Gasteiger partial charge in [-0.15, -0.1) is 21.5 Å². The van der Waals surface area contributed by atoms with Crippen LogP contribution in [0.25, 0.3) is 21.7 Å². The summed E-state index contributed by atoms with van der Waals surface area (Å²) in [4.78, 5) is 48.9. The van der Waals surface area contributed by atoms with E-state index in [2.05, 4.69) is 87.5 Å². The highest BCUT2D eigenvalue weighted by Crippen LogP contribution is 2.39. The molecule has 6 aromatic rings. The van der Waals surface area contributed by atoms with Crippen molar-refractivity contribution in [2.75, 3.05) is 87.7 Å². The number of aliphatic hydroxyl groups is 1. The van der Waals surface area contributed by atoms with Crippen molar-refractivity contribution < 1.29 is 28.7 Å². The van der Waals surface area contributed by atoms with Crippen LogP contribution in [0.4, 0.5) is 17.2 Å². The topological polar surface area (TPSA) is 205 Å². The zero-order valence-corrected chi connectivity index (χ0v) is 42.9. The summed E-state index contributed by atoms with van der Waals surface area (Å²) in [5, 5.41) is 26.6. The van der Waals surface area contributed by atoms with Gasteiger partial charge in [-0.1, -0.05) is 62.4 Å². The van der Waals surface area contributed by atoms with E-state index in [9.17, 15) is 14.7 Å². The van der Waals surface area contributed by atoms with Crippen LogP contribution in [-0.2, 0) is 16.1 Å². The van der Waals surface area contributed by atoms with Crippen LogP contribution in [0.2, 0.25) is 0 Å². The third-order valence-electron chi connectivity index (χ3n) is 14.9. The van der Waals surface area contributed by atoms with Gasteiger partial charge < -0.3 is 44.9 Å². The lowest BCUT2D eigenvalue weighted by atomic mass is 9.91. The standard InChI is InChI=1S/C54H66N12O6S/c1-34(2)50(54(69)65-32-42(67)26-46(65)53(68)57-29-37-9-11-38(12-10-37)51-36(4)58-33-73-51)47-28-49(61-72-47)71-24-22-63-19-17-62(18-20-63)21-23-70-48-25-39(15-16-56-48)66-40-13-14-41(66)31-64(30-40)45-27-44(59-60-52(45)55)43-8-6-5-7-35(43)3/h5-12,15-16,25,27-28,33-34,40-42,46,50,67H,13-14,17-24,26,29-32H2,1-4H3,(H2,55,60)(H,57,68)/t40?,41?,42-,46+,50?/m1/s1. The number of carbonyl (C=O) groups excluding carboxylic acids is 2. The summed E-state index contributed by atoms with van der Waals surface area (Å²) in [6, 6.07) is 24.0. The summed E-state index contributed by atoms with van der Waals surface area (Å²) in [6.07, 6.45) is 3.41. The fourth-order valence-electron chi connectivity index (χ4n) is 11.0. The molecule has 4 aliphatic heterocycles. The molecule has 0 saturated carbocycles. The van der Waals surface area contributed by atoms with Gasteiger partial charge in [0.15, 0.2) is 11.6 Å². The molecule has 2 bridgehead atoms. The van der Waals surface area contributed by atoms with Gasteiger partial charge in [-0.05, 0) is 66.6 Å². The van der Waals surface area contributed by atoms with E-state index in [0.29, 0.717) is 61.7 Å². The van der Waals surface area contributed by atoms with Crippen molar-refractivity contribution in [3.8, 4) is 33.5 Å². The fourth-order valence-corrected chi connectivity index (χ4v) is 11.8. The van der Waals surface area contributed by atoms with Crippen LogP contribution in [0.5, 0.6) is 11.8 Å².